The molecule has 0 bridgehead atoms. The first-order valence-corrected chi connectivity index (χ1v) is 9.37. The van der Waals surface area contributed by atoms with Crippen LogP contribution in [-0.2, 0) is 34.2 Å². The molecule has 0 aliphatic carbocycles. The number of hydrogen-bond acceptors (Lipinski definition) is 4. The predicted molar refractivity (Wildman–Crippen MR) is 88.6 cm³/mol. The van der Waals surface area contributed by atoms with Gasteiger partial charge < -0.3 is 9.88 Å². The number of benzene rings is 1. The van der Waals surface area contributed by atoms with Gasteiger partial charge in [-0.2, -0.15) is 0 Å². The van der Waals surface area contributed by atoms with Gasteiger partial charge in [-0.05, 0) is 30.5 Å². The van der Waals surface area contributed by atoms with E-state index in [1.165, 1.54) is 12.1 Å². The molecule has 128 valence electrons. The van der Waals surface area contributed by atoms with Crippen LogP contribution in [-0.4, -0.2) is 30.4 Å². The summed E-state index contributed by atoms with van der Waals surface area (Å²) < 4.78 is 24.5. The van der Waals surface area contributed by atoms with Crippen LogP contribution in [0.4, 0.5) is 0 Å². The molecule has 1 amide bonds. The van der Waals surface area contributed by atoms with Gasteiger partial charge in [0.1, 0.15) is 5.82 Å². The summed E-state index contributed by atoms with van der Waals surface area (Å²) >= 11 is 0. The van der Waals surface area contributed by atoms with Crippen LogP contribution in [0.3, 0.4) is 0 Å². The number of nitrogens with two attached hydrogens (primary N) is 1. The SMILES string of the molecule is NS(=O)(=O)c1ccc(CCNC(=O)C2CCn3ccnc3C2)cc1. The summed E-state index contributed by atoms with van der Waals surface area (Å²) in [6, 6.07) is 6.38. The van der Waals surface area contributed by atoms with Gasteiger partial charge in [0.15, 0.2) is 0 Å². The van der Waals surface area contributed by atoms with Gasteiger partial charge in [0.2, 0.25) is 15.9 Å². The zero-order chi connectivity index (χ0) is 17.2. The van der Waals surface area contributed by atoms with E-state index in [1.54, 1.807) is 18.3 Å². The van der Waals surface area contributed by atoms with Crippen LogP contribution in [0.25, 0.3) is 0 Å². The Bertz CT molecular complexity index is 827. The Kier molecular flexibility index (Phi) is 4.68. The zero-order valence-electron chi connectivity index (χ0n) is 13.2. The quantitative estimate of drug-likeness (QED) is 0.818. The molecule has 1 unspecified atom stereocenters. The van der Waals surface area contributed by atoms with Crippen molar-refractivity contribution < 1.29 is 13.2 Å². The summed E-state index contributed by atoms with van der Waals surface area (Å²) in [4.78, 5) is 16.6. The number of aromatic nitrogens is 2. The summed E-state index contributed by atoms with van der Waals surface area (Å²) in [5.74, 6) is 0.968. The Balaban J connectivity index is 1.49. The lowest BCUT2D eigenvalue weighted by Gasteiger charge is -2.22. The largest absolute Gasteiger partial charge is 0.356 e. The Labute approximate surface area is 140 Å². The van der Waals surface area contributed by atoms with Crippen molar-refractivity contribution in [3.8, 4) is 0 Å². The topological polar surface area (TPSA) is 107 Å². The molecule has 1 atom stereocenters. The van der Waals surface area contributed by atoms with E-state index in [1.807, 2.05) is 6.20 Å². The third kappa shape index (κ3) is 3.82. The van der Waals surface area contributed by atoms with Gasteiger partial charge in [0.25, 0.3) is 0 Å². The normalized spacial score (nSPS) is 17.3. The number of carbonyl (C=O) groups is 1. The van der Waals surface area contributed by atoms with E-state index in [2.05, 4.69) is 14.9 Å². The number of carbonyl (C=O) groups excluding carboxylic acids is 1. The molecule has 0 fully saturated rings. The minimum Gasteiger partial charge on any atom is -0.356 e. The van der Waals surface area contributed by atoms with E-state index in [-0.39, 0.29) is 16.7 Å². The minimum atomic E-state index is -3.67. The molecule has 2 heterocycles. The Morgan fingerprint density at radius 3 is 2.79 bits per heavy atom. The van der Waals surface area contributed by atoms with Gasteiger partial charge in [0.05, 0.1) is 4.90 Å². The lowest BCUT2D eigenvalue weighted by Crippen LogP contribution is -2.36. The van der Waals surface area contributed by atoms with Crippen LogP contribution in [0.5, 0.6) is 0 Å². The molecule has 1 aromatic heterocycles. The Morgan fingerprint density at radius 1 is 1.33 bits per heavy atom. The molecule has 0 spiro atoms. The van der Waals surface area contributed by atoms with E-state index < -0.39 is 10.0 Å². The molecule has 1 aliphatic rings. The minimum absolute atomic E-state index is 0.0374. The number of fused-ring (bicyclic) bond motifs is 1. The number of hydrogen-bond donors (Lipinski definition) is 2. The van der Waals surface area contributed by atoms with Gasteiger partial charge in [-0.3, -0.25) is 4.79 Å². The number of amides is 1. The summed E-state index contributed by atoms with van der Waals surface area (Å²) in [6.07, 6.45) is 5.83. The molecule has 8 heteroatoms. The smallest absolute Gasteiger partial charge is 0.238 e. The van der Waals surface area contributed by atoms with Crippen molar-refractivity contribution in [3.05, 3.63) is 48.0 Å². The average molecular weight is 348 g/mol. The second-order valence-electron chi connectivity index (χ2n) is 5.96. The molecular formula is C16H20N4O3S. The number of aryl methyl sites for hydroxylation is 1. The van der Waals surface area contributed by atoms with Gasteiger partial charge in [-0.1, -0.05) is 12.1 Å². The number of nitrogens with zero attached hydrogens (tertiary/aromatic N) is 2. The molecule has 1 aromatic carbocycles. The third-order valence-electron chi connectivity index (χ3n) is 4.28. The van der Waals surface area contributed by atoms with E-state index in [0.29, 0.717) is 19.4 Å². The first kappa shape index (κ1) is 16.7. The highest BCUT2D eigenvalue weighted by molar-refractivity contribution is 7.89. The molecule has 3 rings (SSSR count). The van der Waals surface area contributed by atoms with Crippen molar-refractivity contribution in [1.82, 2.24) is 14.9 Å². The summed E-state index contributed by atoms with van der Waals surface area (Å²) in [6.45, 7) is 1.33. The van der Waals surface area contributed by atoms with Crippen LogP contribution in [0.1, 0.15) is 17.8 Å². The van der Waals surface area contributed by atoms with Crippen LogP contribution >= 0.6 is 0 Å². The van der Waals surface area contributed by atoms with Crippen LogP contribution < -0.4 is 10.5 Å². The molecule has 0 saturated heterocycles. The highest BCUT2D eigenvalue weighted by Crippen LogP contribution is 2.19. The molecule has 0 radical (unpaired) electrons. The van der Waals surface area contributed by atoms with Crippen molar-refractivity contribution in [2.24, 2.45) is 11.1 Å². The average Bonchev–Trinajstić information content (AvgIpc) is 3.02. The molecule has 7 nitrogen and oxygen atoms in total. The number of primary sulfonamides is 1. The maximum absolute atomic E-state index is 12.3. The van der Waals surface area contributed by atoms with Gasteiger partial charge >= 0.3 is 0 Å². The highest BCUT2D eigenvalue weighted by Gasteiger charge is 2.24. The van der Waals surface area contributed by atoms with Gasteiger partial charge in [-0.25, -0.2) is 18.5 Å². The second kappa shape index (κ2) is 6.74. The van der Waals surface area contributed by atoms with Gasteiger partial charge in [0, 0.05) is 37.8 Å². The Hall–Kier alpha value is -2.19. The van der Waals surface area contributed by atoms with Crippen LogP contribution in [0.2, 0.25) is 0 Å². The van der Waals surface area contributed by atoms with Crippen molar-refractivity contribution in [2.45, 2.75) is 30.7 Å². The molecule has 0 saturated carbocycles. The van der Waals surface area contributed by atoms with Crippen molar-refractivity contribution in [2.75, 3.05) is 6.54 Å². The van der Waals surface area contributed by atoms with Crippen LogP contribution in [0.15, 0.2) is 41.6 Å². The first-order chi connectivity index (χ1) is 11.4. The first-order valence-electron chi connectivity index (χ1n) is 7.83. The Morgan fingerprint density at radius 2 is 2.08 bits per heavy atom. The lowest BCUT2D eigenvalue weighted by molar-refractivity contribution is -0.125. The zero-order valence-corrected chi connectivity index (χ0v) is 14.0. The summed E-state index contributed by atoms with van der Waals surface area (Å²) in [5, 5.41) is 8.01. The fourth-order valence-corrected chi connectivity index (χ4v) is 3.41. The van der Waals surface area contributed by atoms with E-state index in [9.17, 15) is 13.2 Å². The molecule has 24 heavy (non-hydrogen) atoms. The van der Waals surface area contributed by atoms with E-state index in [0.717, 1.165) is 24.4 Å². The number of rotatable bonds is 5. The lowest BCUT2D eigenvalue weighted by atomic mass is 9.97. The number of sulfonamides is 1. The van der Waals surface area contributed by atoms with Crippen molar-refractivity contribution >= 4 is 15.9 Å². The molecular weight excluding hydrogens is 328 g/mol. The van der Waals surface area contributed by atoms with Gasteiger partial charge in [-0.15, -0.1) is 0 Å². The molecule has 2 aromatic rings. The highest BCUT2D eigenvalue weighted by atomic mass is 32.2. The standard InChI is InChI=1S/C16H20N4O3S/c17-24(22,23)14-3-1-12(2-4-14)5-7-19-16(21)13-6-9-20-10-8-18-15(20)11-13/h1-4,8,10,13H,5-7,9,11H2,(H,19,21)(H2,17,22,23). The summed E-state index contributed by atoms with van der Waals surface area (Å²) in [7, 11) is -3.67. The number of imidazole rings is 1. The van der Waals surface area contributed by atoms with E-state index in [4.69, 9.17) is 5.14 Å². The molecule has 1 aliphatic heterocycles. The third-order valence-corrected chi connectivity index (χ3v) is 5.21. The second-order valence-corrected chi connectivity index (χ2v) is 7.52. The van der Waals surface area contributed by atoms with E-state index >= 15 is 0 Å². The maximum atomic E-state index is 12.3. The molecule has 3 N–H and O–H groups in total. The number of nitrogens with one attached hydrogen (secondary N) is 1. The van der Waals surface area contributed by atoms with Crippen molar-refractivity contribution in [1.29, 1.82) is 0 Å². The van der Waals surface area contributed by atoms with Crippen molar-refractivity contribution in [3.63, 3.8) is 0 Å². The summed E-state index contributed by atoms with van der Waals surface area (Å²) in [5.41, 5.74) is 0.946. The predicted octanol–water partition coefficient (Wildman–Crippen LogP) is 0.452. The van der Waals surface area contributed by atoms with Crippen LogP contribution in [0, 0.1) is 5.92 Å². The fraction of sp³-hybridized carbons (Fsp3) is 0.375. The fourth-order valence-electron chi connectivity index (χ4n) is 2.89. The monoisotopic (exact) mass is 348 g/mol. The maximum Gasteiger partial charge on any atom is 0.238 e.